The first-order chi connectivity index (χ1) is 13.7. The highest BCUT2D eigenvalue weighted by atomic mass is 19.4. The molecule has 2 aromatic rings. The van der Waals surface area contributed by atoms with Crippen molar-refractivity contribution in [2.45, 2.75) is 50.6 Å². The third-order valence-corrected chi connectivity index (χ3v) is 5.06. The van der Waals surface area contributed by atoms with Crippen LogP contribution in [0.5, 0.6) is 0 Å². The Hall–Kier alpha value is -2.49. The summed E-state index contributed by atoms with van der Waals surface area (Å²) in [4.78, 5) is 14.3. The maximum atomic E-state index is 13.6. The molecular formula is C19H20F5N3O2. The third kappa shape index (κ3) is 5.11. The van der Waals surface area contributed by atoms with Gasteiger partial charge in [0.15, 0.2) is 5.69 Å². The Kier molecular flexibility index (Phi) is 6.21. The zero-order valence-corrected chi connectivity index (χ0v) is 15.6. The van der Waals surface area contributed by atoms with E-state index in [4.69, 9.17) is 4.74 Å². The molecule has 1 saturated carbocycles. The van der Waals surface area contributed by atoms with Crippen LogP contribution in [-0.4, -0.2) is 40.3 Å². The molecule has 0 radical (unpaired) electrons. The minimum atomic E-state index is -4.67. The number of ether oxygens (including phenoxy) is 1. The summed E-state index contributed by atoms with van der Waals surface area (Å²) in [5, 5.41) is 5.32. The smallest absolute Gasteiger partial charge is 0.381 e. The normalized spacial score (nSPS) is 19.9. The number of alkyl halides is 3. The molecule has 1 aromatic carbocycles. The number of aromatic nitrogens is 2. The first kappa shape index (κ1) is 21.2. The van der Waals surface area contributed by atoms with Crippen LogP contribution in [0.25, 0.3) is 0 Å². The van der Waals surface area contributed by atoms with E-state index in [0.29, 0.717) is 37.8 Å². The molecule has 29 heavy (non-hydrogen) atoms. The van der Waals surface area contributed by atoms with Crippen molar-refractivity contribution < 1.29 is 31.5 Å². The van der Waals surface area contributed by atoms with Crippen LogP contribution in [0.4, 0.5) is 22.0 Å². The molecule has 0 atom stereocenters. The number of nitrogens with zero attached hydrogens (tertiary/aromatic N) is 2. The molecule has 0 spiro atoms. The lowest BCUT2D eigenvalue weighted by Gasteiger charge is -2.36. The summed E-state index contributed by atoms with van der Waals surface area (Å²) in [6.07, 6.45) is -2.19. The number of H-pyrrole nitrogens is 1. The summed E-state index contributed by atoms with van der Waals surface area (Å²) >= 11 is 0. The van der Waals surface area contributed by atoms with E-state index in [2.05, 4.69) is 5.10 Å². The minimum absolute atomic E-state index is 0.0389. The molecule has 1 fully saturated rings. The standard InChI is InChI=1S/C19H20F5N3O2/c1-29-15-4-2-14(3-5-15)27(10-11-6-12(20)8-13(21)7-11)18(28)16-9-17(26-25-16)19(22,23)24/h6-9,14-15H,2-5,10H2,1H3,(H,25,26). The number of hydrogen-bond donors (Lipinski definition) is 1. The number of aromatic amines is 1. The number of amides is 1. The van der Waals surface area contributed by atoms with Crippen LogP contribution in [0.3, 0.4) is 0 Å². The van der Waals surface area contributed by atoms with Crippen molar-refractivity contribution in [3.05, 3.63) is 52.9 Å². The van der Waals surface area contributed by atoms with Gasteiger partial charge in [0.1, 0.15) is 17.3 Å². The monoisotopic (exact) mass is 417 g/mol. The molecule has 0 saturated heterocycles. The second kappa shape index (κ2) is 8.48. The van der Waals surface area contributed by atoms with E-state index in [1.807, 2.05) is 5.10 Å². The number of nitrogens with one attached hydrogen (secondary N) is 1. The number of carbonyl (C=O) groups is 1. The van der Waals surface area contributed by atoms with Crippen LogP contribution in [-0.2, 0) is 17.5 Å². The highest BCUT2D eigenvalue weighted by Crippen LogP contribution is 2.30. The fraction of sp³-hybridized carbons (Fsp3) is 0.474. The number of carbonyl (C=O) groups excluding carboxylic acids is 1. The predicted molar refractivity (Wildman–Crippen MR) is 92.9 cm³/mol. The van der Waals surface area contributed by atoms with E-state index < -0.39 is 35.1 Å². The summed E-state index contributed by atoms with van der Waals surface area (Å²) in [7, 11) is 1.59. The van der Waals surface area contributed by atoms with Crippen LogP contribution in [0.1, 0.15) is 47.4 Å². The van der Waals surface area contributed by atoms with Crippen LogP contribution in [0.2, 0.25) is 0 Å². The van der Waals surface area contributed by atoms with Gasteiger partial charge in [-0.05, 0) is 43.4 Å². The Morgan fingerprint density at radius 3 is 2.28 bits per heavy atom. The number of methoxy groups -OCH3 is 1. The average Bonchev–Trinajstić information content (AvgIpc) is 3.16. The van der Waals surface area contributed by atoms with E-state index in [1.165, 1.54) is 4.90 Å². The van der Waals surface area contributed by atoms with Gasteiger partial charge in [-0.25, -0.2) is 8.78 Å². The topological polar surface area (TPSA) is 58.2 Å². The Bertz CT molecular complexity index is 840. The van der Waals surface area contributed by atoms with Crippen molar-refractivity contribution >= 4 is 5.91 Å². The van der Waals surface area contributed by atoms with Gasteiger partial charge >= 0.3 is 6.18 Å². The largest absolute Gasteiger partial charge is 0.432 e. The van der Waals surface area contributed by atoms with E-state index in [1.54, 1.807) is 7.11 Å². The summed E-state index contributed by atoms with van der Waals surface area (Å²) < 4.78 is 71.0. The zero-order valence-electron chi connectivity index (χ0n) is 15.6. The van der Waals surface area contributed by atoms with Crippen molar-refractivity contribution in [1.82, 2.24) is 15.1 Å². The molecule has 1 heterocycles. The fourth-order valence-electron chi connectivity index (χ4n) is 3.58. The van der Waals surface area contributed by atoms with Gasteiger partial charge in [0.25, 0.3) is 5.91 Å². The summed E-state index contributed by atoms with van der Waals surface area (Å²) in [5.74, 6) is -2.33. The first-order valence-electron chi connectivity index (χ1n) is 9.08. The number of halogens is 5. The Balaban J connectivity index is 1.87. The maximum Gasteiger partial charge on any atom is 0.432 e. The molecule has 1 N–H and O–H groups in total. The molecule has 1 aliphatic rings. The molecule has 10 heteroatoms. The maximum absolute atomic E-state index is 13.6. The first-order valence-corrected chi connectivity index (χ1v) is 9.08. The highest BCUT2D eigenvalue weighted by molar-refractivity contribution is 5.92. The van der Waals surface area contributed by atoms with Gasteiger partial charge in [0.2, 0.25) is 0 Å². The van der Waals surface area contributed by atoms with Crippen LogP contribution >= 0.6 is 0 Å². The van der Waals surface area contributed by atoms with Crippen molar-refractivity contribution in [2.24, 2.45) is 0 Å². The van der Waals surface area contributed by atoms with E-state index in [0.717, 1.165) is 12.1 Å². The van der Waals surface area contributed by atoms with Gasteiger partial charge in [0.05, 0.1) is 6.10 Å². The van der Waals surface area contributed by atoms with E-state index in [-0.39, 0.29) is 24.3 Å². The predicted octanol–water partition coefficient (Wildman–Crippen LogP) is 4.31. The molecule has 1 aliphatic carbocycles. The third-order valence-electron chi connectivity index (χ3n) is 5.06. The van der Waals surface area contributed by atoms with Crippen LogP contribution in [0.15, 0.2) is 24.3 Å². The number of benzene rings is 1. The minimum Gasteiger partial charge on any atom is -0.381 e. The Morgan fingerprint density at radius 2 is 1.76 bits per heavy atom. The molecule has 5 nitrogen and oxygen atoms in total. The number of hydrogen-bond acceptors (Lipinski definition) is 3. The van der Waals surface area contributed by atoms with Crippen LogP contribution in [0, 0.1) is 11.6 Å². The quantitative estimate of drug-likeness (QED) is 0.738. The van der Waals surface area contributed by atoms with Gasteiger partial charge in [-0.2, -0.15) is 18.3 Å². The van der Waals surface area contributed by atoms with Gasteiger partial charge in [0, 0.05) is 31.8 Å². The van der Waals surface area contributed by atoms with E-state index in [9.17, 15) is 26.7 Å². The Labute approximate surface area is 163 Å². The molecular weight excluding hydrogens is 397 g/mol. The molecule has 0 bridgehead atoms. The molecule has 1 amide bonds. The molecule has 0 unspecified atom stereocenters. The van der Waals surface area contributed by atoms with Crippen molar-refractivity contribution in [1.29, 1.82) is 0 Å². The number of rotatable bonds is 5. The zero-order chi connectivity index (χ0) is 21.2. The second-order valence-corrected chi connectivity index (χ2v) is 7.04. The van der Waals surface area contributed by atoms with Crippen molar-refractivity contribution in [2.75, 3.05) is 7.11 Å². The van der Waals surface area contributed by atoms with Gasteiger partial charge < -0.3 is 9.64 Å². The SMILES string of the molecule is COC1CCC(N(Cc2cc(F)cc(F)c2)C(=O)c2cc(C(F)(F)F)[nH]n2)CC1. The lowest BCUT2D eigenvalue weighted by atomic mass is 9.91. The van der Waals surface area contributed by atoms with Crippen LogP contribution < -0.4 is 0 Å². The fourth-order valence-corrected chi connectivity index (χ4v) is 3.58. The average molecular weight is 417 g/mol. The summed E-state index contributed by atoms with van der Waals surface area (Å²) in [6, 6.07) is 3.22. The second-order valence-electron chi connectivity index (χ2n) is 7.04. The highest BCUT2D eigenvalue weighted by Gasteiger charge is 2.36. The molecule has 158 valence electrons. The molecule has 1 aromatic heterocycles. The van der Waals surface area contributed by atoms with Crippen molar-refractivity contribution in [3.8, 4) is 0 Å². The van der Waals surface area contributed by atoms with Crippen molar-refractivity contribution in [3.63, 3.8) is 0 Å². The lowest BCUT2D eigenvalue weighted by Crippen LogP contribution is -2.43. The summed E-state index contributed by atoms with van der Waals surface area (Å²) in [5.41, 5.74) is -1.33. The van der Waals surface area contributed by atoms with Gasteiger partial charge in [-0.15, -0.1) is 0 Å². The Morgan fingerprint density at radius 1 is 1.14 bits per heavy atom. The van der Waals surface area contributed by atoms with Gasteiger partial charge in [-0.1, -0.05) is 0 Å². The van der Waals surface area contributed by atoms with Gasteiger partial charge in [-0.3, -0.25) is 9.89 Å². The summed E-state index contributed by atoms with van der Waals surface area (Å²) in [6.45, 7) is -0.149. The lowest BCUT2D eigenvalue weighted by molar-refractivity contribution is -0.141. The molecule has 0 aliphatic heterocycles. The molecule has 3 rings (SSSR count). The van der Waals surface area contributed by atoms with E-state index >= 15 is 0 Å².